The van der Waals surface area contributed by atoms with E-state index in [0.29, 0.717) is 0 Å². The van der Waals surface area contributed by atoms with Crippen molar-refractivity contribution in [3.05, 3.63) is 69.8 Å². The first kappa shape index (κ1) is 19.8. The molecule has 3 aromatic carbocycles. The lowest BCUT2D eigenvalue weighted by Gasteiger charge is -2.15. The number of fused-ring (bicyclic) bond motifs is 1. The van der Waals surface area contributed by atoms with E-state index in [1.54, 1.807) is 0 Å². The van der Waals surface area contributed by atoms with Crippen molar-refractivity contribution >= 4 is 10.8 Å². The van der Waals surface area contributed by atoms with E-state index in [1.807, 2.05) is 0 Å². The van der Waals surface area contributed by atoms with Crippen LogP contribution in [0.2, 0.25) is 0 Å². The topological polar surface area (TPSA) is 0 Å². The number of hydrogen-bond acceptors (Lipinski definition) is 0. The molecule has 0 radical (unpaired) electrons. The summed E-state index contributed by atoms with van der Waals surface area (Å²) in [5.74, 6) is -32.7. The molecule has 0 unspecified atom stereocenters. The van der Waals surface area contributed by atoms with Crippen molar-refractivity contribution < 1.29 is 52.7 Å². The lowest BCUT2D eigenvalue weighted by Crippen LogP contribution is -2.10. The fraction of sp³-hybridized carbons (Fsp3) is 0. The SMILES string of the molecule is Fc1c(F)c(F)c(-c2c(F)c(F)c(F)c3c(F)c(F)c(F)c(F)c23)c(F)c1F. The Balaban J connectivity index is 2.73. The van der Waals surface area contributed by atoms with E-state index < -0.39 is 91.7 Å². The zero-order chi connectivity index (χ0) is 21.2. The first-order valence-electron chi connectivity index (χ1n) is 6.77. The van der Waals surface area contributed by atoms with E-state index >= 15 is 0 Å². The maximum atomic E-state index is 14.2. The Morgan fingerprint density at radius 3 is 0.893 bits per heavy atom. The third-order valence-corrected chi connectivity index (χ3v) is 3.80. The van der Waals surface area contributed by atoms with Gasteiger partial charge in [-0.2, -0.15) is 0 Å². The summed E-state index contributed by atoms with van der Waals surface area (Å²) in [6.07, 6.45) is 0. The molecule has 0 nitrogen and oxygen atoms in total. The average Bonchev–Trinajstić information content (AvgIpc) is 2.67. The van der Waals surface area contributed by atoms with Gasteiger partial charge in [-0.05, 0) is 0 Å². The second-order valence-electron chi connectivity index (χ2n) is 5.27. The standard InChI is InChI=1S/C16F12/c17-5-1(4-9(21)14(26)16(28)15(27)10(4)22)2-3(7(19)11(5)23)8(20)13(25)12(24)6(2)18. The van der Waals surface area contributed by atoms with E-state index in [-0.39, 0.29) is 0 Å². The minimum absolute atomic E-state index is 2.11. The molecule has 0 fully saturated rings. The Labute approximate surface area is 145 Å². The maximum Gasteiger partial charge on any atom is 0.200 e. The van der Waals surface area contributed by atoms with Crippen molar-refractivity contribution in [2.24, 2.45) is 0 Å². The molecule has 0 N–H and O–H groups in total. The number of rotatable bonds is 1. The van der Waals surface area contributed by atoms with E-state index in [4.69, 9.17) is 0 Å². The largest absolute Gasteiger partial charge is 0.203 e. The van der Waals surface area contributed by atoms with Crippen LogP contribution in [0.5, 0.6) is 0 Å². The Hall–Kier alpha value is -2.92. The van der Waals surface area contributed by atoms with Crippen LogP contribution in [0.25, 0.3) is 21.9 Å². The summed E-state index contributed by atoms with van der Waals surface area (Å²) in [6, 6.07) is 0. The molecule has 0 aliphatic carbocycles. The Kier molecular flexibility index (Phi) is 4.47. The third-order valence-electron chi connectivity index (χ3n) is 3.80. The predicted octanol–water partition coefficient (Wildman–Crippen LogP) is 6.18. The maximum absolute atomic E-state index is 14.2. The van der Waals surface area contributed by atoms with Crippen LogP contribution in [0.3, 0.4) is 0 Å². The molecule has 0 aromatic heterocycles. The molecule has 0 atom stereocenters. The molecule has 28 heavy (non-hydrogen) atoms. The molecule has 0 bridgehead atoms. The minimum atomic E-state index is -2.78. The highest BCUT2D eigenvalue weighted by Crippen LogP contribution is 2.42. The summed E-state index contributed by atoms with van der Waals surface area (Å²) in [7, 11) is 0. The molecule has 12 heteroatoms. The van der Waals surface area contributed by atoms with Crippen LogP contribution in [0.15, 0.2) is 0 Å². The quantitative estimate of drug-likeness (QED) is 0.251. The lowest BCUT2D eigenvalue weighted by molar-refractivity contribution is 0.380. The molecule has 3 rings (SSSR count). The van der Waals surface area contributed by atoms with E-state index in [1.165, 1.54) is 0 Å². The normalized spacial score (nSPS) is 11.6. The molecular formula is C16F12. The third kappa shape index (κ3) is 2.36. The van der Waals surface area contributed by atoms with Gasteiger partial charge < -0.3 is 0 Å². The van der Waals surface area contributed by atoms with Gasteiger partial charge in [0.15, 0.2) is 64.0 Å². The lowest BCUT2D eigenvalue weighted by atomic mass is 9.94. The molecule has 148 valence electrons. The van der Waals surface area contributed by atoms with Crippen molar-refractivity contribution in [3.8, 4) is 11.1 Å². The summed E-state index contributed by atoms with van der Waals surface area (Å²) in [5.41, 5.74) is -4.58. The van der Waals surface area contributed by atoms with Crippen molar-refractivity contribution in [2.45, 2.75) is 0 Å². The molecule has 0 aliphatic rings. The monoisotopic (exact) mass is 420 g/mol. The Morgan fingerprint density at radius 2 is 0.464 bits per heavy atom. The first-order valence-corrected chi connectivity index (χ1v) is 6.77. The summed E-state index contributed by atoms with van der Waals surface area (Å²) in [5, 5.41) is -4.26. The van der Waals surface area contributed by atoms with Crippen LogP contribution < -0.4 is 0 Å². The van der Waals surface area contributed by atoms with Crippen molar-refractivity contribution in [2.75, 3.05) is 0 Å². The highest BCUT2D eigenvalue weighted by Gasteiger charge is 2.35. The number of hydrogen-bond donors (Lipinski definition) is 0. The van der Waals surface area contributed by atoms with Gasteiger partial charge in [0.2, 0.25) is 5.82 Å². The van der Waals surface area contributed by atoms with E-state index in [0.717, 1.165) is 0 Å². The summed E-state index contributed by atoms with van der Waals surface area (Å²) in [4.78, 5) is 0. The molecule has 0 aliphatic heterocycles. The summed E-state index contributed by atoms with van der Waals surface area (Å²) >= 11 is 0. The van der Waals surface area contributed by atoms with Gasteiger partial charge in [0.1, 0.15) is 0 Å². The van der Waals surface area contributed by atoms with Crippen LogP contribution in [0, 0.1) is 69.8 Å². The van der Waals surface area contributed by atoms with Crippen molar-refractivity contribution in [1.82, 2.24) is 0 Å². The number of halogens is 12. The highest BCUT2D eigenvalue weighted by atomic mass is 19.2. The molecular weight excluding hydrogens is 420 g/mol. The fourth-order valence-electron chi connectivity index (χ4n) is 2.56. The van der Waals surface area contributed by atoms with E-state index in [9.17, 15) is 52.7 Å². The minimum Gasteiger partial charge on any atom is -0.203 e. The molecule has 0 heterocycles. The van der Waals surface area contributed by atoms with Gasteiger partial charge in [0.05, 0.1) is 10.9 Å². The van der Waals surface area contributed by atoms with Gasteiger partial charge in [-0.15, -0.1) is 0 Å². The second-order valence-corrected chi connectivity index (χ2v) is 5.27. The van der Waals surface area contributed by atoms with Crippen LogP contribution in [0.1, 0.15) is 0 Å². The Morgan fingerprint density at radius 1 is 0.214 bits per heavy atom. The smallest absolute Gasteiger partial charge is 0.200 e. The van der Waals surface area contributed by atoms with Gasteiger partial charge in [-0.1, -0.05) is 0 Å². The van der Waals surface area contributed by atoms with Crippen molar-refractivity contribution in [3.63, 3.8) is 0 Å². The first-order chi connectivity index (χ1) is 12.9. The molecule has 0 spiro atoms. The van der Waals surface area contributed by atoms with Crippen LogP contribution in [-0.2, 0) is 0 Å². The fourth-order valence-corrected chi connectivity index (χ4v) is 2.56. The van der Waals surface area contributed by atoms with Crippen LogP contribution in [0.4, 0.5) is 52.7 Å². The zero-order valence-electron chi connectivity index (χ0n) is 12.5. The van der Waals surface area contributed by atoms with Gasteiger partial charge in [-0.25, -0.2) is 52.7 Å². The number of benzene rings is 3. The van der Waals surface area contributed by atoms with Crippen LogP contribution >= 0.6 is 0 Å². The molecule has 0 saturated heterocycles. The van der Waals surface area contributed by atoms with Crippen LogP contribution in [-0.4, -0.2) is 0 Å². The van der Waals surface area contributed by atoms with Crippen molar-refractivity contribution in [1.29, 1.82) is 0 Å². The second kappa shape index (κ2) is 6.31. The highest BCUT2D eigenvalue weighted by molar-refractivity contribution is 5.98. The molecule has 0 saturated carbocycles. The van der Waals surface area contributed by atoms with Gasteiger partial charge in [0, 0.05) is 10.9 Å². The summed E-state index contributed by atoms with van der Waals surface area (Å²) < 4.78 is 164. The van der Waals surface area contributed by atoms with Gasteiger partial charge in [-0.3, -0.25) is 0 Å². The Bertz CT molecular complexity index is 1140. The molecule has 0 amide bonds. The predicted molar refractivity (Wildman–Crippen MR) is 68.9 cm³/mol. The summed E-state index contributed by atoms with van der Waals surface area (Å²) in [6.45, 7) is 0. The molecule has 3 aromatic rings. The van der Waals surface area contributed by atoms with Gasteiger partial charge >= 0.3 is 0 Å². The zero-order valence-corrected chi connectivity index (χ0v) is 12.5. The van der Waals surface area contributed by atoms with Gasteiger partial charge in [0.25, 0.3) is 0 Å². The van der Waals surface area contributed by atoms with E-state index in [2.05, 4.69) is 0 Å². The average molecular weight is 420 g/mol.